The molecule has 6 rings (SSSR count). The topological polar surface area (TPSA) is 148 Å². The number of phenolic OH excluding ortho intramolecular Hbond substituents is 1. The smallest absolute Gasteiger partial charge is 0.251 e. The molecule has 1 aliphatic heterocycles. The third-order valence-electron chi connectivity index (χ3n) is 10.6. The van der Waals surface area contributed by atoms with E-state index in [2.05, 4.69) is 11.8 Å². The van der Waals surface area contributed by atoms with Crippen LogP contribution in [0, 0.1) is 29.5 Å². The summed E-state index contributed by atoms with van der Waals surface area (Å²) in [5.74, 6) is -4.74. The predicted molar refractivity (Wildman–Crippen MR) is 167 cm³/mol. The molecule has 1 amide bonds. The molecule has 0 spiro atoms. The van der Waals surface area contributed by atoms with Crippen LogP contribution in [0.1, 0.15) is 49.8 Å². The summed E-state index contributed by atoms with van der Waals surface area (Å²) in [7, 11) is 3.41. The van der Waals surface area contributed by atoms with Gasteiger partial charge in [-0.2, -0.15) is 0 Å². The van der Waals surface area contributed by atoms with Crippen molar-refractivity contribution < 1.29 is 34.4 Å². The number of phenols is 1. The fraction of sp³-hybridized carbons (Fsp3) is 0.486. The molecule has 2 aromatic carbocycles. The lowest BCUT2D eigenvalue weighted by molar-refractivity contribution is -0.139. The summed E-state index contributed by atoms with van der Waals surface area (Å²) in [6.45, 7) is 6.19. The van der Waals surface area contributed by atoms with E-state index in [9.17, 15) is 30.0 Å². The summed E-state index contributed by atoms with van der Waals surface area (Å²) < 4.78 is 15.5. The average Bonchev–Trinajstić information content (AvgIpc) is 2.94. The van der Waals surface area contributed by atoms with Gasteiger partial charge in [0.2, 0.25) is 0 Å². The number of piperidine rings is 1. The van der Waals surface area contributed by atoms with Crippen LogP contribution in [0.25, 0.3) is 16.9 Å². The maximum Gasteiger partial charge on any atom is 0.251 e. The lowest BCUT2D eigenvalue weighted by Gasteiger charge is -2.52. The number of hydrogen-bond acceptors (Lipinski definition) is 8. The summed E-state index contributed by atoms with van der Waals surface area (Å²) >= 11 is 0. The van der Waals surface area contributed by atoms with Gasteiger partial charge in [0, 0.05) is 17.7 Å². The minimum atomic E-state index is -2.09. The van der Waals surface area contributed by atoms with Crippen molar-refractivity contribution in [2.75, 3.05) is 27.2 Å². The van der Waals surface area contributed by atoms with Gasteiger partial charge in [-0.05, 0) is 112 Å². The van der Waals surface area contributed by atoms with Gasteiger partial charge in [-0.1, -0.05) is 19.1 Å². The number of hydrogen-bond donors (Lipinski definition) is 5. The SMILES string of the molecule is CC1CCN(Cc2ccc(F)c(-c3ccc(O)c4c3CC3CC5C(C(=O)C3=C4O)C(C)(O)C(C(N)=O)=C(O)[C@H]5N(C)C)c2)CC1. The van der Waals surface area contributed by atoms with Crippen LogP contribution in [-0.2, 0) is 22.6 Å². The lowest BCUT2D eigenvalue weighted by Crippen LogP contribution is -2.61. The number of likely N-dealkylation sites (N-methyl/N-ethyl adjacent to an activating group) is 1. The number of allylic oxidation sites excluding steroid dienone is 1. The number of benzene rings is 2. The monoisotopic (exact) mass is 619 g/mol. The molecule has 1 saturated heterocycles. The summed E-state index contributed by atoms with van der Waals surface area (Å²) in [6, 6.07) is 7.31. The summed E-state index contributed by atoms with van der Waals surface area (Å²) in [6.07, 6.45) is 2.74. The number of amides is 1. The molecule has 5 atom stereocenters. The van der Waals surface area contributed by atoms with E-state index in [0.29, 0.717) is 29.2 Å². The first-order valence-corrected chi connectivity index (χ1v) is 15.7. The molecule has 0 aromatic heterocycles. The molecule has 0 radical (unpaired) electrons. The minimum absolute atomic E-state index is 0.0488. The van der Waals surface area contributed by atoms with Crippen LogP contribution >= 0.6 is 0 Å². The van der Waals surface area contributed by atoms with Gasteiger partial charge in [0.05, 0.1) is 23.1 Å². The Morgan fingerprint density at radius 2 is 1.80 bits per heavy atom. The van der Waals surface area contributed by atoms with Crippen molar-refractivity contribution >= 4 is 17.4 Å². The van der Waals surface area contributed by atoms with E-state index in [1.165, 1.54) is 19.1 Å². The van der Waals surface area contributed by atoms with E-state index in [0.717, 1.165) is 31.5 Å². The summed E-state index contributed by atoms with van der Waals surface area (Å²) in [5, 5.41) is 45.4. The number of carbonyl (C=O) groups excluding carboxylic acids is 2. The number of aliphatic hydroxyl groups is 3. The van der Waals surface area contributed by atoms with Gasteiger partial charge in [0.15, 0.2) is 5.78 Å². The number of nitrogens with zero attached hydrogens (tertiary/aromatic N) is 2. The highest BCUT2D eigenvalue weighted by Crippen LogP contribution is 2.55. The van der Waals surface area contributed by atoms with Crippen molar-refractivity contribution in [2.24, 2.45) is 29.4 Å². The normalized spacial score (nSPS) is 29.1. The number of carbonyl (C=O) groups is 2. The van der Waals surface area contributed by atoms with E-state index in [1.807, 2.05) is 6.07 Å². The molecule has 1 heterocycles. The molecule has 2 fully saturated rings. The molecule has 6 N–H and O–H groups in total. The van der Waals surface area contributed by atoms with Crippen LogP contribution in [0.5, 0.6) is 5.75 Å². The maximum atomic E-state index is 15.5. The third-order valence-corrected chi connectivity index (χ3v) is 10.6. The highest BCUT2D eigenvalue weighted by molar-refractivity contribution is 6.08. The van der Waals surface area contributed by atoms with Crippen LogP contribution in [0.2, 0.25) is 0 Å². The Hall–Kier alpha value is -3.73. The van der Waals surface area contributed by atoms with Crippen LogP contribution in [0.4, 0.5) is 4.39 Å². The second-order valence-corrected chi connectivity index (χ2v) is 13.8. The van der Waals surface area contributed by atoms with Gasteiger partial charge in [-0.3, -0.25) is 19.4 Å². The van der Waals surface area contributed by atoms with Crippen molar-refractivity contribution in [3.63, 3.8) is 0 Å². The summed E-state index contributed by atoms with van der Waals surface area (Å²) in [4.78, 5) is 30.7. The highest BCUT2D eigenvalue weighted by Gasteiger charge is 2.60. The minimum Gasteiger partial charge on any atom is -0.510 e. The Morgan fingerprint density at radius 3 is 2.44 bits per heavy atom. The van der Waals surface area contributed by atoms with Crippen molar-refractivity contribution in [1.82, 2.24) is 9.80 Å². The molecule has 3 aliphatic carbocycles. The zero-order valence-electron chi connectivity index (χ0n) is 26.2. The molecule has 240 valence electrons. The quantitative estimate of drug-likeness (QED) is 0.337. The van der Waals surface area contributed by atoms with Crippen LogP contribution in [0.15, 0.2) is 47.2 Å². The van der Waals surface area contributed by atoms with Crippen molar-refractivity contribution in [3.8, 4) is 16.9 Å². The third kappa shape index (κ3) is 5.03. The second kappa shape index (κ2) is 11.3. The van der Waals surface area contributed by atoms with Crippen molar-refractivity contribution in [3.05, 3.63) is 69.7 Å². The van der Waals surface area contributed by atoms with Crippen molar-refractivity contribution in [1.29, 1.82) is 0 Å². The molecule has 4 aliphatic rings. The Labute approximate surface area is 262 Å². The molecule has 1 saturated carbocycles. The highest BCUT2D eigenvalue weighted by atomic mass is 19.1. The van der Waals surface area contributed by atoms with Gasteiger partial charge < -0.3 is 26.2 Å². The largest absolute Gasteiger partial charge is 0.510 e. The van der Waals surface area contributed by atoms with E-state index in [4.69, 9.17) is 5.73 Å². The van der Waals surface area contributed by atoms with Gasteiger partial charge in [0.1, 0.15) is 28.7 Å². The molecule has 4 unspecified atom stereocenters. The standard InChI is InChI=1S/C35H42FN3O6/c1-17-9-11-39(12-10-17)16-18-5-7-24(36)21(13-18)20-6-8-25(40)27-22(20)14-19-15-23-28(32(42)26(19)31(27)41)35(2,45)29(34(37)44)33(43)30(23)38(3)4/h5-8,13,17,19,23,28,30,40-41,43,45H,9-12,14-16H2,1-4H3,(H2,37,44)/t19?,23?,28?,30-,35?/m0/s1. The Morgan fingerprint density at radius 1 is 1.11 bits per heavy atom. The Bertz CT molecular complexity index is 1640. The van der Waals surface area contributed by atoms with E-state index < -0.39 is 58.2 Å². The van der Waals surface area contributed by atoms with Gasteiger partial charge >= 0.3 is 0 Å². The first kappa shape index (κ1) is 31.3. The van der Waals surface area contributed by atoms with Crippen LogP contribution < -0.4 is 5.73 Å². The number of ketones is 1. The molecule has 9 nitrogen and oxygen atoms in total. The molecule has 2 aromatic rings. The average molecular weight is 620 g/mol. The Balaban J connectivity index is 1.44. The number of halogens is 1. The number of primary amides is 1. The van der Waals surface area contributed by atoms with Crippen LogP contribution in [-0.4, -0.2) is 80.7 Å². The number of rotatable bonds is 5. The fourth-order valence-corrected chi connectivity index (χ4v) is 8.49. The molecule has 45 heavy (non-hydrogen) atoms. The first-order chi connectivity index (χ1) is 21.2. The number of Topliss-reactive ketones (excluding diaryl/α,β-unsaturated/α-hetero) is 1. The molecular formula is C35H42FN3O6. The van der Waals surface area contributed by atoms with Gasteiger partial charge in [0.25, 0.3) is 5.91 Å². The molecule has 10 heteroatoms. The number of fused-ring (bicyclic) bond motifs is 3. The van der Waals surface area contributed by atoms with Crippen LogP contribution in [0.3, 0.4) is 0 Å². The van der Waals surface area contributed by atoms with E-state index in [-0.39, 0.29) is 35.5 Å². The number of aromatic hydroxyl groups is 1. The van der Waals surface area contributed by atoms with Gasteiger partial charge in [-0.25, -0.2) is 4.39 Å². The number of nitrogens with two attached hydrogens (primary N) is 1. The maximum absolute atomic E-state index is 15.5. The van der Waals surface area contributed by atoms with E-state index >= 15 is 4.39 Å². The number of aliphatic hydroxyl groups excluding tert-OH is 2. The van der Waals surface area contributed by atoms with E-state index in [1.54, 1.807) is 31.1 Å². The zero-order valence-corrected chi connectivity index (χ0v) is 26.2. The number of likely N-dealkylation sites (tertiary alicyclic amines) is 1. The molecular weight excluding hydrogens is 577 g/mol. The Kier molecular flexibility index (Phi) is 7.82. The zero-order chi connectivity index (χ0) is 32.5. The van der Waals surface area contributed by atoms with Crippen molar-refractivity contribution in [2.45, 2.75) is 57.7 Å². The fourth-order valence-electron chi connectivity index (χ4n) is 8.49. The van der Waals surface area contributed by atoms with Gasteiger partial charge in [-0.15, -0.1) is 0 Å². The second-order valence-electron chi connectivity index (χ2n) is 13.8. The predicted octanol–water partition coefficient (Wildman–Crippen LogP) is 4.07. The molecule has 0 bridgehead atoms. The summed E-state index contributed by atoms with van der Waals surface area (Å²) in [5.41, 5.74) is 5.53. The first-order valence-electron chi connectivity index (χ1n) is 15.7. The lowest BCUT2D eigenvalue weighted by atomic mass is 9.55.